The molecule has 1 N–H and O–H groups in total. The van der Waals surface area contributed by atoms with E-state index in [1.165, 1.54) is 11.3 Å². The number of halogens is 1. The van der Waals surface area contributed by atoms with Crippen LogP contribution in [0.2, 0.25) is 0 Å². The molecule has 20 heavy (non-hydrogen) atoms. The number of nitrogens with zero attached hydrogens (tertiary/aromatic N) is 2. The average molecular weight is 338 g/mol. The zero-order valence-corrected chi connectivity index (χ0v) is 14.4. The van der Waals surface area contributed by atoms with Gasteiger partial charge in [0, 0.05) is 29.3 Å². The van der Waals surface area contributed by atoms with Crippen LogP contribution in [0.3, 0.4) is 0 Å². The number of nitrogens with one attached hydrogen (secondary N) is 1. The summed E-state index contributed by atoms with van der Waals surface area (Å²) in [7, 11) is 1.96. The first-order valence-electron chi connectivity index (χ1n) is 7.08. The quantitative estimate of drug-likeness (QED) is 0.813. The first-order valence-corrected chi connectivity index (χ1v) is 7.87. The SMILES string of the molecule is CNC(C)c1ccc(N(CCC#N)CC(C)C)cc1Br. The molecule has 4 heteroatoms. The Morgan fingerprint density at radius 2 is 2.05 bits per heavy atom. The van der Waals surface area contributed by atoms with Crippen LogP contribution in [0.4, 0.5) is 5.69 Å². The van der Waals surface area contributed by atoms with Gasteiger partial charge in [-0.1, -0.05) is 35.8 Å². The fourth-order valence-electron chi connectivity index (χ4n) is 2.17. The summed E-state index contributed by atoms with van der Waals surface area (Å²) in [5.41, 5.74) is 2.42. The van der Waals surface area contributed by atoms with Crippen molar-refractivity contribution in [3.63, 3.8) is 0 Å². The van der Waals surface area contributed by atoms with Crippen LogP contribution in [-0.4, -0.2) is 20.1 Å². The number of rotatable bonds is 7. The highest BCUT2D eigenvalue weighted by Crippen LogP contribution is 2.28. The fourth-order valence-corrected chi connectivity index (χ4v) is 2.88. The van der Waals surface area contributed by atoms with E-state index in [2.05, 4.69) is 71.2 Å². The molecule has 0 aliphatic carbocycles. The van der Waals surface area contributed by atoms with E-state index in [1.54, 1.807) is 0 Å². The Labute approximate surface area is 131 Å². The van der Waals surface area contributed by atoms with Gasteiger partial charge in [0.15, 0.2) is 0 Å². The molecule has 0 heterocycles. The van der Waals surface area contributed by atoms with Crippen LogP contribution in [-0.2, 0) is 0 Å². The Bertz CT molecular complexity index is 465. The topological polar surface area (TPSA) is 39.1 Å². The first-order chi connectivity index (χ1) is 9.49. The molecule has 1 atom stereocenters. The Hall–Kier alpha value is -1.05. The second kappa shape index (κ2) is 8.28. The molecule has 0 aliphatic heterocycles. The maximum atomic E-state index is 8.81. The lowest BCUT2D eigenvalue weighted by Crippen LogP contribution is -2.28. The highest BCUT2D eigenvalue weighted by Gasteiger charge is 2.12. The summed E-state index contributed by atoms with van der Waals surface area (Å²) in [6.07, 6.45) is 0.555. The van der Waals surface area contributed by atoms with Gasteiger partial charge in [-0.3, -0.25) is 0 Å². The van der Waals surface area contributed by atoms with Crippen LogP contribution in [0, 0.1) is 17.2 Å². The van der Waals surface area contributed by atoms with Gasteiger partial charge in [-0.2, -0.15) is 5.26 Å². The van der Waals surface area contributed by atoms with Crippen molar-refractivity contribution in [2.75, 3.05) is 25.0 Å². The number of hydrogen-bond donors (Lipinski definition) is 1. The van der Waals surface area contributed by atoms with E-state index in [0.29, 0.717) is 18.4 Å². The van der Waals surface area contributed by atoms with Gasteiger partial charge in [0.25, 0.3) is 0 Å². The molecule has 1 aromatic rings. The van der Waals surface area contributed by atoms with Gasteiger partial charge in [0.2, 0.25) is 0 Å². The molecule has 0 spiro atoms. The lowest BCUT2D eigenvalue weighted by atomic mass is 10.1. The summed E-state index contributed by atoms with van der Waals surface area (Å²) in [4.78, 5) is 2.28. The monoisotopic (exact) mass is 337 g/mol. The molecule has 0 fully saturated rings. The van der Waals surface area contributed by atoms with E-state index in [-0.39, 0.29) is 0 Å². The molecule has 0 aliphatic rings. The van der Waals surface area contributed by atoms with Gasteiger partial charge in [0.05, 0.1) is 12.5 Å². The molecule has 0 saturated carbocycles. The van der Waals surface area contributed by atoms with Crippen molar-refractivity contribution in [1.82, 2.24) is 5.32 Å². The van der Waals surface area contributed by atoms with Crippen LogP contribution in [0.5, 0.6) is 0 Å². The summed E-state index contributed by atoms with van der Waals surface area (Å²) in [5.74, 6) is 0.573. The molecular formula is C16H24BrN3. The first kappa shape index (κ1) is 17.0. The standard InChI is InChI=1S/C16H24BrN3/c1-12(2)11-20(9-5-8-18)14-6-7-15(13(3)19-4)16(17)10-14/h6-7,10,12-13,19H,5,9,11H2,1-4H3. The molecule has 1 aromatic carbocycles. The predicted molar refractivity (Wildman–Crippen MR) is 88.9 cm³/mol. The van der Waals surface area contributed by atoms with Crippen molar-refractivity contribution in [3.05, 3.63) is 28.2 Å². The maximum absolute atomic E-state index is 8.81. The van der Waals surface area contributed by atoms with Crippen molar-refractivity contribution in [2.24, 2.45) is 5.92 Å². The van der Waals surface area contributed by atoms with Gasteiger partial charge in [-0.25, -0.2) is 0 Å². The molecule has 110 valence electrons. The highest BCUT2D eigenvalue weighted by atomic mass is 79.9. The Balaban J connectivity index is 2.97. The van der Waals surface area contributed by atoms with E-state index in [1.807, 2.05) is 7.05 Å². The van der Waals surface area contributed by atoms with E-state index < -0.39 is 0 Å². The third kappa shape index (κ3) is 4.81. The molecule has 0 radical (unpaired) electrons. The second-order valence-electron chi connectivity index (χ2n) is 5.46. The zero-order chi connectivity index (χ0) is 15.1. The van der Waals surface area contributed by atoms with Crippen LogP contribution < -0.4 is 10.2 Å². The van der Waals surface area contributed by atoms with E-state index >= 15 is 0 Å². The lowest BCUT2D eigenvalue weighted by molar-refractivity contribution is 0.611. The third-order valence-corrected chi connectivity index (χ3v) is 4.01. The van der Waals surface area contributed by atoms with E-state index in [0.717, 1.165) is 17.6 Å². The molecule has 0 bridgehead atoms. The predicted octanol–water partition coefficient (Wildman–Crippen LogP) is 4.11. The molecule has 3 nitrogen and oxygen atoms in total. The van der Waals surface area contributed by atoms with Gasteiger partial charge in [0.1, 0.15) is 0 Å². The fraction of sp³-hybridized carbons (Fsp3) is 0.562. The smallest absolute Gasteiger partial charge is 0.0640 e. The maximum Gasteiger partial charge on any atom is 0.0640 e. The second-order valence-corrected chi connectivity index (χ2v) is 6.32. The largest absolute Gasteiger partial charge is 0.370 e. The number of hydrogen-bond acceptors (Lipinski definition) is 3. The summed E-state index contributed by atoms with van der Waals surface area (Å²) in [6.45, 7) is 8.29. The van der Waals surface area contributed by atoms with Gasteiger partial charge in [-0.05, 0) is 37.6 Å². The molecule has 0 amide bonds. The highest BCUT2D eigenvalue weighted by molar-refractivity contribution is 9.10. The van der Waals surface area contributed by atoms with Crippen molar-refractivity contribution in [3.8, 4) is 6.07 Å². The van der Waals surface area contributed by atoms with Crippen LogP contribution in [0.15, 0.2) is 22.7 Å². The number of nitriles is 1. The summed E-state index contributed by atoms with van der Waals surface area (Å²) < 4.78 is 1.11. The zero-order valence-electron chi connectivity index (χ0n) is 12.8. The van der Waals surface area contributed by atoms with Crippen molar-refractivity contribution in [1.29, 1.82) is 5.26 Å². The molecular weight excluding hydrogens is 314 g/mol. The average Bonchev–Trinajstić information content (AvgIpc) is 2.42. The van der Waals surface area contributed by atoms with E-state index in [9.17, 15) is 0 Å². The third-order valence-electron chi connectivity index (χ3n) is 3.33. The minimum atomic E-state index is 0.316. The molecule has 1 rings (SSSR count). The van der Waals surface area contributed by atoms with Gasteiger partial charge >= 0.3 is 0 Å². The van der Waals surface area contributed by atoms with Crippen LogP contribution in [0.25, 0.3) is 0 Å². The number of anilines is 1. The molecule has 0 saturated heterocycles. The van der Waals surface area contributed by atoms with Crippen molar-refractivity contribution >= 4 is 21.6 Å². The van der Waals surface area contributed by atoms with Gasteiger partial charge in [-0.15, -0.1) is 0 Å². The molecule has 0 aromatic heterocycles. The summed E-state index contributed by atoms with van der Waals surface area (Å²) >= 11 is 3.66. The van der Waals surface area contributed by atoms with Crippen molar-refractivity contribution < 1.29 is 0 Å². The Morgan fingerprint density at radius 1 is 1.35 bits per heavy atom. The summed E-state index contributed by atoms with van der Waals surface area (Å²) in [5, 5.41) is 12.1. The van der Waals surface area contributed by atoms with Crippen LogP contribution in [0.1, 0.15) is 38.8 Å². The van der Waals surface area contributed by atoms with Crippen LogP contribution >= 0.6 is 15.9 Å². The van der Waals surface area contributed by atoms with E-state index in [4.69, 9.17) is 5.26 Å². The van der Waals surface area contributed by atoms with Crippen molar-refractivity contribution in [2.45, 2.75) is 33.2 Å². The Morgan fingerprint density at radius 3 is 2.55 bits per heavy atom. The summed E-state index contributed by atoms with van der Waals surface area (Å²) in [6, 6.07) is 9.00. The van der Waals surface area contributed by atoms with Gasteiger partial charge < -0.3 is 10.2 Å². The minimum absolute atomic E-state index is 0.316. The normalized spacial score (nSPS) is 12.2. The molecule has 1 unspecified atom stereocenters. The number of benzene rings is 1. The minimum Gasteiger partial charge on any atom is -0.370 e. The lowest BCUT2D eigenvalue weighted by Gasteiger charge is -2.27. The Kier molecular flexibility index (Phi) is 7.04.